The molecule has 2 aromatic rings. The van der Waals surface area contributed by atoms with Gasteiger partial charge in [-0.1, -0.05) is 28.1 Å². The fourth-order valence-corrected chi connectivity index (χ4v) is 5.10. The maximum Gasteiger partial charge on any atom is 0.244 e. The highest BCUT2D eigenvalue weighted by molar-refractivity contribution is 9.10. The van der Waals surface area contributed by atoms with E-state index >= 15 is 0 Å². The molecular formula is C19H22BrNO4S. The summed E-state index contributed by atoms with van der Waals surface area (Å²) in [4.78, 5) is 0.104. The molecule has 0 spiro atoms. The van der Waals surface area contributed by atoms with E-state index in [0.717, 1.165) is 16.9 Å². The van der Waals surface area contributed by atoms with Crippen molar-refractivity contribution in [1.29, 1.82) is 0 Å². The smallest absolute Gasteiger partial charge is 0.244 e. The molecule has 0 fully saturated rings. The summed E-state index contributed by atoms with van der Waals surface area (Å²) in [7, 11) is -2.33. The second-order valence-electron chi connectivity index (χ2n) is 7.08. The van der Waals surface area contributed by atoms with Gasteiger partial charge in [-0.05, 0) is 50.6 Å². The van der Waals surface area contributed by atoms with Crippen LogP contribution in [0.1, 0.15) is 37.4 Å². The number of fused-ring (bicyclic) bond motifs is 1. The highest BCUT2D eigenvalue weighted by atomic mass is 79.9. The first-order valence-corrected chi connectivity index (χ1v) is 10.5. The minimum Gasteiger partial charge on any atom is -0.495 e. The van der Waals surface area contributed by atoms with E-state index in [0.29, 0.717) is 16.6 Å². The van der Waals surface area contributed by atoms with Gasteiger partial charge in [0, 0.05) is 16.5 Å². The average Bonchev–Trinajstić information content (AvgIpc) is 2.52. The molecule has 0 amide bonds. The lowest BCUT2D eigenvalue weighted by Gasteiger charge is -2.38. The minimum atomic E-state index is -3.79. The van der Waals surface area contributed by atoms with Crippen LogP contribution < -0.4 is 14.2 Å². The van der Waals surface area contributed by atoms with E-state index in [-0.39, 0.29) is 10.9 Å². The van der Waals surface area contributed by atoms with Crippen molar-refractivity contribution in [3.8, 4) is 11.5 Å². The highest BCUT2D eigenvalue weighted by Gasteiger charge is 2.36. The number of sulfonamides is 1. The van der Waals surface area contributed by atoms with Gasteiger partial charge < -0.3 is 9.47 Å². The zero-order valence-corrected chi connectivity index (χ0v) is 17.6. The molecule has 3 rings (SSSR count). The first-order chi connectivity index (χ1) is 12.1. The second-order valence-corrected chi connectivity index (χ2v) is 9.67. The van der Waals surface area contributed by atoms with Gasteiger partial charge in [0.2, 0.25) is 10.0 Å². The second kappa shape index (κ2) is 6.87. The maximum atomic E-state index is 13.1. The Kier molecular flexibility index (Phi) is 5.07. The van der Waals surface area contributed by atoms with E-state index in [9.17, 15) is 8.42 Å². The predicted octanol–water partition coefficient (Wildman–Crippen LogP) is 4.35. The fraction of sp³-hybridized carbons (Fsp3) is 0.368. The molecule has 0 aromatic heterocycles. The minimum absolute atomic E-state index is 0.104. The zero-order valence-electron chi connectivity index (χ0n) is 15.2. The standard InChI is InChI=1S/C19H22BrNO4S/c1-12-5-7-14-15(11-19(2,3)25-17(14)9-12)21-26(22,23)18-10-13(20)6-8-16(18)24-4/h5-10,15,21H,11H2,1-4H3/t15-/m1/s1. The predicted molar refractivity (Wildman–Crippen MR) is 104 cm³/mol. The Bertz CT molecular complexity index is 941. The monoisotopic (exact) mass is 439 g/mol. The first kappa shape index (κ1) is 19.2. The number of nitrogens with one attached hydrogen (secondary N) is 1. The summed E-state index contributed by atoms with van der Waals surface area (Å²) in [5.41, 5.74) is 1.43. The Balaban J connectivity index is 2.02. The van der Waals surface area contributed by atoms with E-state index in [1.54, 1.807) is 18.2 Å². The van der Waals surface area contributed by atoms with Gasteiger partial charge >= 0.3 is 0 Å². The molecule has 1 aliphatic rings. The molecular weight excluding hydrogens is 418 g/mol. The van der Waals surface area contributed by atoms with Crippen LogP contribution >= 0.6 is 15.9 Å². The van der Waals surface area contributed by atoms with Crippen molar-refractivity contribution in [3.05, 3.63) is 52.0 Å². The van der Waals surface area contributed by atoms with Crippen LogP contribution in [-0.4, -0.2) is 21.1 Å². The first-order valence-electron chi connectivity index (χ1n) is 8.27. The lowest BCUT2D eigenvalue weighted by molar-refractivity contribution is 0.0701. The number of hydrogen-bond acceptors (Lipinski definition) is 4. The van der Waals surface area contributed by atoms with Crippen molar-refractivity contribution < 1.29 is 17.9 Å². The SMILES string of the molecule is COc1ccc(Br)cc1S(=O)(=O)N[C@@H]1CC(C)(C)Oc2cc(C)ccc21. The lowest BCUT2D eigenvalue weighted by atomic mass is 9.90. The highest BCUT2D eigenvalue weighted by Crippen LogP contribution is 2.41. The number of benzene rings is 2. The van der Waals surface area contributed by atoms with Gasteiger partial charge in [-0.15, -0.1) is 0 Å². The van der Waals surface area contributed by atoms with Gasteiger partial charge in [0.25, 0.3) is 0 Å². The molecule has 0 unspecified atom stereocenters. The van der Waals surface area contributed by atoms with Crippen LogP contribution in [0, 0.1) is 6.92 Å². The van der Waals surface area contributed by atoms with Gasteiger partial charge in [0.15, 0.2) is 0 Å². The Morgan fingerprint density at radius 3 is 2.65 bits per heavy atom. The molecule has 2 aromatic carbocycles. The molecule has 5 nitrogen and oxygen atoms in total. The number of aryl methyl sites for hydroxylation is 1. The molecule has 0 saturated carbocycles. The third kappa shape index (κ3) is 3.89. The molecule has 0 bridgehead atoms. The van der Waals surface area contributed by atoms with Gasteiger partial charge in [0.1, 0.15) is 22.0 Å². The van der Waals surface area contributed by atoms with Crippen molar-refractivity contribution >= 4 is 26.0 Å². The molecule has 1 atom stereocenters. The Morgan fingerprint density at radius 2 is 1.96 bits per heavy atom. The van der Waals surface area contributed by atoms with Crippen molar-refractivity contribution in [1.82, 2.24) is 4.72 Å². The summed E-state index contributed by atoms with van der Waals surface area (Å²) in [6.45, 7) is 5.90. The lowest BCUT2D eigenvalue weighted by Crippen LogP contribution is -2.41. The van der Waals surface area contributed by atoms with Crippen molar-refractivity contribution in [2.24, 2.45) is 0 Å². The van der Waals surface area contributed by atoms with E-state index < -0.39 is 15.6 Å². The Hall–Kier alpha value is -1.57. The number of ether oxygens (including phenoxy) is 2. The third-order valence-electron chi connectivity index (χ3n) is 4.34. The fourth-order valence-electron chi connectivity index (χ4n) is 3.18. The summed E-state index contributed by atoms with van der Waals surface area (Å²) >= 11 is 3.33. The number of halogens is 1. The van der Waals surface area contributed by atoms with Crippen molar-refractivity contribution in [2.45, 2.75) is 43.7 Å². The van der Waals surface area contributed by atoms with E-state index in [1.165, 1.54) is 7.11 Å². The van der Waals surface area contributed by atoms with Gasteiger partial charge in [-0.3, -0.25) is 0 Å². The molecule has 26 heavy (non-hydrogen) atoms. The van der Waals surface area contributed by atoms with Crippen LogP contribution in [0.5, 0.6) is 11.5 Å². The molecule has 7 heteroatoms. The van der Waals surface area contributed by atoms with Gasteiger partial charge in [-0.25, -0.2) is 13.1 Å². The molecule has 1 aliphatic heterocycles. The zero-order chi connectivity index (χ0) is 19.1. The summed E-state index contributed by atoms with van der Waals surface area (Å²) in [5, 5.41) is 0. The molecule has 1 N–H and O–H groups in total. The molecule has 1 heterocycles. The van der Waals surface area contributed by atoms with Crippen LogP contribution in [0.15, 0.2) is 45.8 Å². The Labute approximate surface area is 162 Å². The van der Waals surface area contributed by atoms with E-state index in [2.05, 4.69) is 20.7 Å². The molecule has 0 aliphatic carbocycles. The van der Waals surface area contributed by atoms with Crippen LogP contribution in [-0.2, 0) is 10.0 Å². The normalized spacial score (nSPS) is 18.7. The van der Waals surface area contributed by atoms with Crippen molar-refractivity contribution in [2.75, 3.05) is 7.11 Å². The van der Waals surface area contributed by atoms with Gasteiger partial charge in [-0.2, -0.15) is 0 Å². The van der Waals surface area contributed by atoms with E-state index in [4.69, 9.17) is 9.47 Å². The van der Waals surface area contributed by atoms with Crippen molar-refractivity contribution in [3.63, 3.8) is 0 Å². The number of rotatable bonds is 4. The average molecular weight is 440 g/mol. The largest absolute Gasteiger partial charge is 0.495 e. The van der Waals surface area contributed by atoms with Crippen LogP contribution in [0.25, 0.3) is 0 Å². The summed E-state index contributed by atoms with van der Waals surface area (Å²) < 4.78 is 40.9. The molecule has 140 valence electrons. The summed E-state index contributed by atoms with van der Waals surface area (Å²) in [6.07, 6.45) is 0.526. The topological polar surface area (TPSA) is 64.6 Å². The van der Waals surface area contributed by atoms with E-state index in [1.807, 2.05) is 39.0 Å². The number of hydrogen-bond donors (Lipinski definition) is 1. The number of methoxy groups -OCH3 is 1. The quantitative estimate of drug-likeness (QED) is 0.768. The molecule has 0 saturated heterocycles. The van der Waals surface area contributed by atoms with Crippen LogP contribution in [0.4, 0.5) is 0 Å². The Morgan fingerprint density at radius 1 is 1.23 bits per heavy atom. The molecule has 0 radical (unpaired) electrons. The maximum absolute atomic E-state index is 13.1. The summed E-state index contributed by atoms with van der Waals surface area (Å²) in [6, 6.07) is 10.4. The summed E-state index contributed by atoms with van der Waals surface area (Å²) in [5.74, 6) is 1.02. The third-order valence-corrected chi connectivity index (χ3v) is 6.33. The van der Waals surface area contributed by atoms with Crippen LogP contribution in [0.3, 0.4) is 0 Å². The van der Waals surface area contributed by atoms with Crippen LogP contribution in [0.2, 0.25) is 0 Å². The van der Waals surface area contributed by atoms with Gasteiger partial charge in [0.05, 0.1) is 13.2 Å².